The van der Waals surface area contributed by atoms with Crippen LogP contribution in [0.25, 0.3) is 0 Å². The fourth-order valence-corrected chi connectivity index (χ4v) is 1.93. The van der Waals surface area contributed by atoms with E-state index in [0.29, 0.717) is 18.6 Å². The molecule has 2 N–H and O–H groups in total. The van der Waals surface area contributed by atoms with Crippen molar-refractivity contribution in [2.75, 3.05) is 13.7 Å². The largest absolute Gasteiger partial charge is 0.504 e. The van der Waals surface area contributed by atoms with E-state index >= 15 is 0 Å². The number of halogens is 1. The van der Waals surface area contributed by atoms with Crippen molar-refractivity contribution in [3.05, 3.63) is 21.7 Å². The van der Waals surface area contributed by atoms with E-state index in [1.807, 2.05) is 6.92 Å². The summed E-state index contributed by atoms with van der Waals surface area (Å²) in [6, 6.07) is 1.74. The average Bonchev–Trinajstić information content (AvgIpc) is 2.23. The minimum absolute atomic E-state index is 0.119. The van der Waals surface area contributed by atoms with Gasteiger partial charge in [0.15, 0.2) is 11.5 Å². The molecule has 0 saturated heterocycles. The number of benzene rings is 1. The topological polar surface area (TPSA) is 49.7 Å². The van der Waals surface area contributed by atoms with Crippen LogP contribution in [0.1, 0.15) is 17.5 Å². The number of hydrogen-bond acceptors (Lipinski definition) is 3. The Morgan fingerprint density at radius 3 is 2.67 bits per heavy atom. The van der Waals surface area contributed by atoms with Gasteiger partial charge < -0.3 is 14.9 Å². The molecule has 15 heavy (non-hydrogen) atoms. The normalized spacial score (nSPS) is 10.4. The Hall–Kier alpha value is -0.740. The molecule has 0 aromatic heterocycles. The molecule has 0 amide bonds. The van der Waals surface area contributed by atoms with Gasteiger partial charge in [-0.1, -0.05) is 15.9 Å². The first kappa shape index (κ1) is 12.3. The first-order valence-corrected chi connectivity index (χ1v) is 5.57. The molecule has 1 aromatic rings. The van der Waals surface area contributed by atoms with Gasteiger partial charge in [0, 0.05) is 16.6 Å². The number of methoxy groups -OCH3 is 1. The van der Waals surface area contributed by atoms with Crippen molar-refractivity contribution in [1.82, 2.24) is 0 Å². The lowest BCUT2D eigenvalue weighted by Gasteiger charge is -2.13. The molecule has 1 aromatic carbocycles. The van der Waals surface area contributed by atoms with Crippen molar-refractivity contribution in [2.24, 2.45) is 0 Å². The molecule has 0 heterocycles. The average molecular weight is 275 g/mol. The minimum Gasteiger partial charge on any atom is -0.504 e. The second-order valence-corrected chi connectivity index (χ2v) is 4.19. The van der Waals surface area contributed by atoms with Crippen LogP contribution >= 0.6 is 15.9 Å². The third-order valence-electron chi connectivity index (χ3n) is 2.39. The monoisotopic (exact) mass is 274 g/mol. The van der Waals surface area contributed by atoms with Gasteiger partial charge in [-0.3, -0.25) is 0 Å². The predicted octanol–water partition coefficient (Wildman–Crippen LogP) is 2.40. The molecule has 0 saturated carbocycles. The molecular formula is C11H15BrO3. The molecule has 84 valence electrons. The summed E-state index contributed by atoms with van der Waals surface area (Å²) in [5.74, 6) is 0.632. The molecule has 0 spiro atoms. The van der Waals surface area contributed by atoms with Gasteiger partial charge in [0.1, 0.15) is 0 Å². The first-order valence-electron chi connectivity index (χ1n) is 4.77. The van der Waals surface area contributed by atoms with Gasteiger partial charge in [-0.25, -0.2) is 0 Å². The third kappa shape index (κ3) is 2.63. The smallest absolute Gasteiger partial charge is 0.161 e. The Morgan fingerprint density at radius 1 is 1.47 bits per heavy atom. The van der Waals surface area contributed by atoms with E-state index in [1.54, 1.807) is 6.07 Å². The maximum atomic E-state index is 9.89. The van der Waals surface area contributed by atoms with Crippen LogP contribution < -0.4 is 4.74 Å². The van der Waals surface area contributed by atoms with Crippen LogP contribution in [0, 0.1) is 6.92 Å². The fraction of sp³-hybridized carbons (Fsp3) is 0.455. The van der Waals surface area contributed by atoms with Crippen molar-refractivity contribution >= 4 is 15.9 Å². The van der Waals surface area contributed by atoms with E-state index in [2.05, 4.69) is 15.9 Å². The van der Waals surface area contributed by atoms with Gasteiger partial charge in [-0.15, -0.1) is 0 Å². The molecule has 0 aliphatic rings. The summed E-state index contributed by atoms with van der Waals surface area (Å²) in [7, 11) is 1.52. The summed E-state index contributed by atoms with van der Waals surface area (Å²) in [6.07, 6.45) is 1.28. The van der Waals surface area contributed by atoms with Gasteiger partial charge in [0.25, 0.3) is 0 Å². The van der Waals surface area contributed by atoms with Crippen LogP contribution in [-0.4, -0.2) is 23.9 Å². The van der Waals surface area contributed by atoms with Gasteiger partial charge in [0.05, 0.1) is 7.11 Å². The quantitative estimate of drug-likeness (QED) is 0.887. The summed E-state index contributed by atoms with van der Waals surface area (Å²) in [6.45, 7) is 2.05. The molecule has 0 fully saturated rings. The summed E-state index contributed by atoms with van der Waals surface area (Å²) >= 11 is 3.41. The van der Waals surface area contributed by atoms with Gasteiger partial charge >= 0.3 is 0 Å². The van der Waals surface area contributed by atoms with E-state index in [1.165, 1.54) is 7.11 Å². The Morgan fingerprint density at radius 2 is 2.13 bits per heavy atom. The zero-order chi connectivity index (χ0) is 11.4. The summed E-state index contributed by atoms with van der Waals surface area (Å²) in [5.41, 5.74) is 1.82. The number of aliphatic hydroxyl groups is 1. The molecule has 1 rings (SSSR count). The number of hydrogen-bond donors (Lipinski definition) is 2. The molecular weight excluding hydrogens is 260 g/mol. The van der Waals surface area contributed by atoms with Crippen molar-refractivity contribution in [1.29, 1.82) is 0 Å². The second kappa shape index (κ2) is 5.37. The highest BCUT2D eigenvalue weighted by Crippen LogP contribution is 2.37. The first-order chi connectivity index (χ1) is 7.11. The summed E-state index contributed by atoms with van der Waals surface area (Å²) in [4.78, 5) is 0. The van der Waals surface area contributed by atoms with Crippen LogP contribution in [0.3, 0.4) is 0 Å². The zero-order valence-electron chi connectivity index (χ0n) is 8.88. The van der Waals surface area contributed by atoms with Crippen molar-refractivity contribution < 1.29 is 14.9 Å². The highest BCUT2D eigenvalue weighted by atomic mass is 79.9. The van der Waals surface area contributed by atoms with Crippen LogP contribution in [0.5, 0.6) is 11.5 Å². The molecule has 0 unspecified atom stereocenters. The Labute approximate surface area is 97.8 Å². The number of phenols is 1. The fourth-order valence-electron chi connectivity index (χ4n) is 1.48. The second-order valence-electron chi connectivity index (χ2n) is 3.34. The third-order valence-corrected chi connectivity index (χ3v) is 3.22. The molecule has 0 bridgehead atoms. The maximum absolute atomic E-state index is 9.89. The van der Waals surface area contributed by atoms with Crippen molar-refractivity contribution in [2.45, 2.75) is 19.8 Å². The van der Waals surface area contributed by atoms with Crippen molar-refractivity contribution in [3.63, 3.8) is 0 Å². The lowest BCUT2D eigenvalue weighted by molar-refractivity contribution is 0.287. The number of aromatic hydroxyl groups is 1. The number of rotatable bonds is 4. The van der Waals surface area contributed by atoms with Gasteiger partial charge in [-0.05, 0) is 31.4 Å². The zero-order valence-corrected chi connectivity index (χ0v) is 10.5. The Balaban J connectivity index is 3.15. The highest BCUT2D eigenvalue weighted by Gasteiger charge is 2.13. The maximum Gasteiger partial charge on any atom is 0.161 e. The molecule has 0 aliphatic heterocycles. The number of ether oxygens (including phenoxy) is 1. The van der Waals surface area contributed by atoms with Crippen LogP contribution in [-0.2, 0) is 6.42 Å². The highest BCUT2D eigenvalue weighted by molar-refractivity contribution is 9.10. The van der Waals surface area contributed by atoms with Crippen LogP contribution in [0.2, 0.25) is 0 Å². The number of aliphatic hydroxyl groups excluding tert-OH is 1. The Kier molecular flexibility index (Phi) is 4.42. The lowest BCUT2D eigenvalue weighted by Crippen LogP contribution is -1.97. The minimum atomic E-state index is 0.119. The lowest BCUT2D eigenvalue weighted by atomic mass is 10.0. The number of phenolic OH excluding ortho intramolecular Hbond substituents is 1. The SMILES string of the molecule is COc1cc(Br)c(C)c(CCCO)c1O. The van der Waals surface area contributed by atoms with E-state index in [-0.39, 0.29) is 12.4 Å². The van der Waals surface area contributed by atoms with E-state index < -0.39 is 0 Å². The molecule has 0 radical (unpaired) electrons. The standard InChI is InChI=1S/C11H15BrO3/c1-7-8(4-3-5-13)11(14)10(15-2)6-9(7)12/h6,13-14H,3-5H2,1-2H3. The predicted molar refractivity (Wildman–Crippen MR) is 62.5 cm³/mol. The van der Waals surface area contributed by atoms with E-state index in [4.69, 9.17) is 9.84 Å². The molecule has 0 aliphatic carbocycles. The molecule has 0 atom stereocenters. The van der Waals surface area contributed by atoms with Crippen LogP contribution in [0.15, 0.2) is 10.5 Å². The molecule has 4 heteroatoms. The van der Waals surface area contributed by atoms with Gasteiger partial charge in [-0.2, -0.15) is 0 Å². The van der Waals surface area contributed by atoms with Crippen molar-refractivity contribution in [3.8, 4) is 11.5 Å². The van der Waals surface area contributed by atoms with Gasteiger partial charge in [0.2, 0.25) is 0 Å². The van der Waals surface area contributed by atoms with Crippen LogP contribution in [0.4, 0.5) is 0 Å². The summed E-state index contributed by atoms with van der Waals surface area (Å²) in [5, 5.41) is 18.7. The molecule has 3 nitrogen and oxygen atoms in total. The van der Waals surface area contributed by atoms with E-state index in [0.717, 1.165) is 15.6 Å². The summed E-state index contributed by atoms with van der Waals surface area (Å²) < 4.78 is 5.97. The Bertz CT molecular complexity index is 350. The van der Waals surface area contributed by atoms with E-state index in [9.17, 15) is 5.11 Å².